The second-order valence-corrected chi connectivity index (χ2v) is 14.3. The van der Waals surface area contributed by atoms with E-state index in [2.05, 4.69) is 11.8 Å². The maximum atomic E-state index is 13.8. The lowest BCUT2D eigenvalue weighted by atomic mass is 9.42. The Kier molecular flexibility index (Phi) is 7.66. The van der Waals surface area contributed by atoms with E-state index in [0.29, 0.717) is 43.7 Å². The second kappa shape index (κ2) is 10.8. The molecule has 1 heterocycles. The molecule has 11 heteroatoms. The lowest BCUT2D eigenvalue weighted by Crippen LogP contribution is -2.79. The summed E-state index contributed by atoms with van der Waals surface area (Å²) in [5.74, 6) is -0.768. The van der Waals surface area contributed by atoms with Crippen molar-refractivity contribution < 1.29 is 48.2 Å². The van der Waals surface area contributed by atoms with Crippen LogP contribution in [-0.4, -0.2) is 131 Å². The smallest absolute Gasteiger partial charge is 0.338 e. The first kappa shape index (κ1) is 31.8. The molecule has 7 bridgehead atoms. The van der Waals surface area contributed by atoms with Gasteiger partial charge >= 0.3 is 5.97 Å². The minimum Gasteiger partial charge on any atom is -0.497 e. The Hall–Kier alpha value is -1.83. The molecule has 250 valence electrons. The van der Waals surface area contributed by atoms with Crippen molar-refractivity contribution in [2.24, 2.45) is 34.5 Å². The van der Waals surface area contributed by atoms with E-state index in [1.165, 1.54) is 0 Å². The van der Waals surface area contributed by atoms with E-state index in [9.17, 15) is 15.0 Å². The molecule has 6 aliphatic rings. The minimum absolute atomic E-state index is 0.0167. The normalized spacial score (nSPS) is 49.2. The Morgan fingerprint density at radius 2 is 1.69 bits per heavy atom. The van der Waals surface area contributed by atoms with Crippen molar-refractivity contribution in [2.75, 3.05) is 62.4 Å². The van der Waals surface area contributed by atoms with Gasteiger partial charge in [0.2, 0.25) is 0 Å². The Labute approximate surface area is 265 Å². The van der Waals surface area contributed by atoms with Gasteiger partial charge in [-0.3, -0.25) is 4.90 Å². The topological polar surface area (TPSA) is 125 Å². The molecule has 45 heavy (non-hydrogen) atoms. The van der Waals surface area contributed by atoms with Crippen LogP contribution in [0.2, 0.25) is 0 Å². The summed E-state index contributed by atoms with van der Waals surface area (Å²) < 4.78 is 43.5. The Morgan fingerprint density at radius 1 is 0.978 bits per heavy atom. The van der Waals surface area contributed by atoms with Crippen molar-refractivity contribution in [2.45, 2.75) is 73.9 Å². The van der Waals surface area contributed by atoms with E-state index < -0.39 is 46.3 Å². The van der Waals surface area contributed by atoms with Gasteiger partial charge in [-0.2, -0.15) is 0 Å². The summed E-state index contributed by atoms with van der Waals surface area (Å²) in [6, 6.07) is 6.77. The summed E-state index contributed by atoms with van der Waals surface area (Å²) in [5.41, 5.74) is -3.12. The van der Waals surface area contributed by atoms with Crippen LogP contribution in [0.25, 0.3) is 0 Å². The number of hydrogen-bond donors (Lipinski definition) is 2. The van der Waals surface area contributed by atoms with Crippen LogP contribution in [0.1, 0.15) is 36.5 Å². The van der Waals surface area contributed by atoms with Crippen molar-refractivity contribution in [1.29, 1.82) is 0 Å². The number of carbonyl (C=O) groups is 1. The number of hydrogen-bond acceptors (Lipinski definition) is 11. The van der Waals surface area contributed by atoms with Gasteiger partial charge in [0.05, 0.1) is 49.3 Å². The van der Waals surface area contributed by atoms with E-state index in [0.717, 1.165) is 6.54 Å². The highest BCUT2D eigenvalue weighted by Gasteiger charge is 2.90. The molecular formula is C34H49NO10. The molecule has 1 aromatic rings. The molecular weight excluding hydrogens is 582 g/mol. The van der Waals surface area contributed by atoms with Gasteiger partial charge in [0.1, 0.15) is 17.5 Å². The van der Waals surface area contributed by atoms with Crippen molar-refractivity contribution >= 4 is 5.97 Å². The molecule has 1 aliphatic heterocycles. The number of ether oxygens (including phenoxy) is 7. The molecule has 2 N–H and O–H groups in total. The van der Waals surface area contributed by atoms with Gasteiger partial charge in [-0.05, 0) is 43.1 Å². The van der Waals surface area contributed by atoms with Gasteiger partial charge in [-0.15, -0.1) is 0 Å². The van der Waals surface area contributed by atoms with E-state index in [4.69, 9.17) is 33.2 Å². The Balaban J connectivity index is 1.44. The third kappa shape index (κ3) is 3.67. The first-order chi connectivity index (χ1) is 21.6. The van der Waals surface area contributed by atoms with E-state index in [1.807, 2.05) is 0 Å². The van der Waals surface area contributed by atoms with Crippen LogP contribution in [0.4, 0.5) is 0 Å². The predicted octanol–water partition coefficient (Wildman–Crippen LogP) is 1.77. The summed E-state index contributed by atoms with van der Waals surface area (Å²) in [6.07, 6.45) is -1.65. The maximum Gasteiger partial charge on any atom is 0.338 e. The summed E-state index contributed by atoms with van der Waals surface area (Å²) in [4.78, 5) is 16.3. The number of piperidine rings is 1. The minimum atomic E-state index is -1.46. The fraction of sp³-hybridized carbons (Fsp3) is 0.794. The quantitative estimate of drug-likeness (QED) is 0.367. The van der Waals surface area contributed by atoms with Gasteiger partial charge < -0.3 is 43.4 Å². The lowest BCUT2D eigenvalue weighted by molar-refractivity contribution is -0.302. The predicted molar refractivity (Wildman–Crippen MR) is 161 cm³/mol. The summed E-state index contributed by atoms with van der Waals surface area (Å²) in [7, 11) is 10.1. The number of likely N-dealkylation sites (tertiary alicyclic amines) is 1. The highest BCUT2D eigenvalue weighted by molar-refractivity contribution is 5.89. The van der Waals surface area contributed by atoms with Crippen LogP contribution >= 0.6 is 0 Å². The monoisotopic (exact) mass is 631 g/mol. The molecule has 6 fully saturated rings. The molecule has 0 aromatic heterocycles. The molecule has 0 radical (unpaired) electrons. The highest BCUT2D eigenvalue weighted by atomic mass is 16.6. The molecule has 5 saturated carbocycles. The standard InChI is InChI=1S/C34H49NO10/c1-8-35-16-31(17-39-2)21(36)13-22(41-4)34-20-14-32(38)23(42-5)15-33(44-7,25(28(34)35)26(43-6)27(31)34)24(20)29(32)45-30(37)18-9-11-19(40-3)12-10-18/h9-12,20-29,36,38H,8,13-17H2,1-7H3. The molecule has 11 nitrogen and oxygen atoms in total. The number of benzene rings is 1. The van der Waals surface area contributed by atoms with Crippen LogP contribution in [0.5, 0.6) is 5.75 Å². The Bertz CT molecular complexity index is 1300. The number of methoxy groups -OCH3 is 6. The number of aliphatic hydroxyl groups is 2. The number of nitrogens with zero attached hydrogens (tertiary/aromatic N) is 1. The average molecular weight is 632 g/mol. The number of esters is 1. The van der Waals surface area contributed by atoms with Crippen LogP contribution in [0.15, 0.2) is 24.3 Å². The first-order valence-electron chi connectivity index (χ1n) is 16.2. The zero-order valence-corrected chi connectivity index (χ0v) is 27.4. The number of rotatable bonds is 10. The van der Waals surface area contributed by atoms with Crippen LogP contribution < -0.4 is 4.74 Å². The summed E-state index contributed by atoms with van der Waals surface area (Å²) in [6.45, 7) is 3.94. The van der Waals surface area contributed by atoms with Gasteiger partial charge in [-0.1, -0.05) is 6.92 Å². The zero-order chi connectivity index (χ0) is 32.1. The molecule has 1 aromatic carbocycles. The molecule has 1 spiro atoms. The molecule has 5 aliphatic carbocycles. The second-order valence-electron chi connectivity index (χ2n) is 14.3. The number of fused-ring (bicyclic) bond motifs is 2. The van der Waals surface area contributed by atoms with E-state index >= 15 is 0 Å². The van der Waals surface area contributed by atoms with E-state index in [1.54, 1.807) is 66.9 Å². The van der Waals surface area contributed by atoms with Crippen LogP contribution in [0, 0.1) is 34.5 Å². The van der Waals surface area contributed by atoms with Crippen LogP contribution in [0.3, 0.4) is 0 Å². The number of aliphatic hydroxyl groups excluding tert-OH is 1. The van der Waals surface area contributed by atoms with Gasteiger partial charge in [0.25, 0.3) is 0 Å². The molecule has 0 amide bonds. The fourth-order valence-electron chi connectivity index (χ4n) is 12.3. The third-order valence-corrected chi connectivity index (χ3v) is 13.5. The van der Waals surface area contributed by atoms with Crippen molar-refractivity contribution in [3.63, 3.8) is 0 Å². The highest BCUT2D eigenvalue weighted by Crippen LogP contribution is 2.80. The number of carbonyl (C=O) groups excluding carboxylic acids is 1. The van der Waals surface area contributed by atoms with Gasteiger partial charge in [-0.25, -0.2) is 4.79 Å². The largest absolute Gasteiger partial charge is 0.497 e. The van der Waals surface area contributed by atoms with Crippen LogP contribution in [-0.2, 0) is 28.4 Å². The van der Waals surface area contributed by atoms with Crippen molar-refractivity contribution in [3.05, 3.63) is 29.8 Å². The van der Waals surface area contributed by atoms with Gasteiger partial charge in [0, 0.05) is 89.6 Å². The Morgan fingerprint density at radius 3 is 2.27 bits per heavy atom. The fourth-order valence-corrected chi connectivity index (χ4v) is 12.3. The van der Waals surface area contributed by atoms with Crippen molar-refractivity contribution in [3.8, 4) is 5.75 Å². The molecule has 14 unspecified atom stereocenters. The average Bonchev–Trinajstić information content (AvgIpc) is 3.42. The third-order valence-electron chi connectivity index (χ3n) is 13.5. The maximum absolute atomic E-state index is 13.8. The van der Waals surface area contributed by atoms with Gasteiger partial charge in [0.15, 0.2) is 0 Å². The summed E-state index contributed by atoms with van der Waals surface area (Å²) >= 11 is 0. The first-order valence-corrected chi connectivity index (χ1v) is 16.2. The van der Waals surface area contributed by atoms with E-state index in [-0.39, 0.29) is 41.9 Å². The van der Waals surface area contributed by atoms with Crippen molar-refractivity contribution in [1.82, 2.24) is 4.90 Å². The SMILES string of the molecule is CCN1CC2(COC)C(O)CC(OC)C34C5CC6(O)C(OC)CC(OC)(C5C6OC(=O)c5ccc(OC)cc5)C(C(OC)C23)C14. The lowest BCUT2D eigenvalue weighted by Gasteiger charge is -2.70. The zero-order valence-electron chi connectivity index (χ0n) is 27.4. The molecule has 1 saturated heterocycles. The molecule has 7 rings (SSSR count). The summed E-state index contributed by atoms with van der Waals surface area (Å²) in [5, 5.41) is 24.8. The molecule has 14 atom stereocenters.